The SMILES string of the molecule is CNC(=O)c1nc(NC(=O)c2nsc3ccc(C#N)cc23)c([C@H](C)c2cc(F)ccc2Cl)n1CC(C)=O. The third-order valence-electron chi connectivity index (χ3n) is 5.70. The summed E-state index contributed by atoms with van der Waals surface area (Å²) < 4.78 is 20.5. The molecule has 0 bridgehead atoms. The van der Waals surface area contributed by atoms with Crippen molar-refractivity contribution in [2.45, 2.75) is 26.3 Å². The van der Waals surface area contributed by atoms with E-state index in [1.165, 1.54) is 36.7 Å². The molecule has 0 aliphatic carbocycles. The van der Waals surface area contributed by atoms with Crippen LogP contribution in [0.3, 0.4) is 0 Å². The molecule has 0 spiro atoms. The molecule has 9 nitrogen and oxygen atoms in total. The first-order valence-corrected chi connectivity index (χ1v) is 12.2. The van der Waals surface area contributed by atoms with Crippen LogP contribution < -0.4 is 10.6 Å². The first kappa shape index (κ1) is 25.9. The van der Waals surface area contributed by atoms with Gasteiger partial charge in [0.05, 0.1) is 28.6 Å². The highest BCUT2D eigenvalue weighted by atomic mass is 35.5. The van der Waals surface area contributed by atoms with Crippen molar-refractivity contribution in [1.29, 1.82) is 5.26 Å². The number of halogens is 2. The van der Waals surface area contributed by atoms with Crippen molar-refractivity contribution >= 4 is 56.6 Å². The fourth-order valence-electron chi connectivity index (χ4n) is 4.00. The first-order chi connectivity index (χ1) is 17.6. The minimum Gasteiger partial charge on any atom is -0.352 e. The molecule has 0 unspecified atom stereocenters. The van der Waals surface area contributed by atoms with Gasteiger partial charge in [-0.2, -0.15) is 9.64 Å². The van der Waals surface area contributed by atoms with Crippen LogP contribution in [0.4, 0.5) is 10.2 Å². The Morgan fingerprint density at radius 1 is 1.22 bits per heavy atom. The second-order valence-electron chi connectivity index (χ2n) is 8.23. The van der Waals surface area contributed by atoms with Crippen LogP contribution in [0.15, 0.2) is 36.4 Å². The first-order valence-electron chi connectivity index (χ1n) is 11.0. The van der Waals surface area contributed by atoms with Crippen LogP contribution in [-0.2, 0) is 11.3 Å². The van der Waals surface area contributed by atoms with Crippen LogP contribution >= 0.6 is 23.1 Å². The standard InChI is InChI=1S/C25H20ClFN6O3S/c1-12(34)11-33-21(13(2)16-9-15(27)5-6-18(16)26)22(30-23(33)25(36)29-3)31-24(35)20-17-8-14(10-28)4-7-19(17)37-32-20/h4-9,13H,11H2,1-3H3,(H,29,36)(H,31,35)/t13-/m1/s1. The van der Waals surface area contributed by atoms with Gasteiger partial charge in [-0.15, -0.1) is 0 Å². The molecular formula is C25H20ClFN6O3S. The molecule has 2 aromatic carbocycles. The maximum absolute atomic E-state index is 14.1. The molecule has 2 aromatic heterocycles. The third-order valence-corrected chi connectivity index (χ3v) is 6.87. The van der Waals surface area contributed by atoms with E-state index < -0.39 is 23.5 Å². The van der Waals surface area contributed by atoms with Crippen LogP contribution in [0, 0.1) is 17.1 Å². The van der Waals surface area contributed by atoms with Gasteiger partial charge < -0.3 is 15.2 Å². The summed E-state index contributed by atoms with van der Waals surface area (Å²) in [6.45, 7) is 2.84. The lowest BCUT2D eigenvalue weighted by Gasteiger charge is -2.19. The molecule has 0 aliphatic rings. The number of carbonyl (C=O) groups excluding carboxylic acids is 3. The molecule has 0 aliphatic heterocycles. The number of nitrogens with one attached hydrogen (secondary N) is 2. The van der Waals surface area contributed by atoms with E-state index in [1.54, 1.807) is 25.1 Å². The Balaban J connectivity index is 1.87. The van der Waals surface area contributed by atoms with Gasteiger partial charge in [0.1, 0.15) is 17.3 Å². The molecule has 188 valence electrons. The van der Waals surface area contributed by atoms with Crippen LogP contribution in [0.25, 0.3) is 10.1 Å². The number of benzene rings is 2. The second kappa shape index (κ2) is 10.5. The number of carbonyl (C=O) groups is 3. The zero-order valence-electron chi connectivity index (χ0n) is 19.9. The fraction of sp³-hybridized carbons (Fsp3) is 0.200. The number of hydrogen-bond donors (Lipinski definition) is 2. The van der Waals surface area contributed by atoms with Gasteiger partial charge >= 0.3 is 0 Å². The summed E-state index contributed by atoms with van der Waals surface area (Å²) in [5.74, 6) is -2.81. The van der Waals surface area contributed by atoms with Crippen LogP contribution in [0.5, 0.6) is 0 Å². The van der Waals surface area contributed by atoms with E-state index >= 15 is 0 Å². The monoisotopic (exact) mass is 538 g/mol. The number of anilines is 1. The van der Waals surface area contributed by atoms with Gasteiger partial charge in [-0.05, 0) is 60.4 Å². The highest BCUT2D eigenvalue weighted by Crippen LogP contribution is 2.36. The van der Waals surface area contributed by atoms with E-state index in [0.29, 0.717) is 21.2 Å². The van der Waals surface area contributed by atoms with E-state index in [2.05, 4.69) is 20.0 Å². The second-order valence-corrected chi connectivity index (χ2v) is 9.44. The zero-order chi connectivity index (χ0) is 26.9. The maximum atomic E-state index is 14.1. The molecule has 2 N–H and O–H groups in total. The largest absolute Gasteiger partial charge is 0.352 e. The number of fused-ring (bicyclic) bond motifs is 1. The molecule has 12 heteroatoms. The van der Waals surface area contributed by atoms with Crippen LogP contribution in [-0.4, -0.2) is 38.6 Å². The third kappa shape index (κ3) is 5.07. The molecule has 0 fully saturated rings. The summed E-state index contributed by atoms with van der Waals surface area (Å²) in [6, 6.07) is 10.8. The lowest BCUT2D eigenvalue weighted by atomic mass is 9.96. The number of aromatic nitrogens is 3. The molecule has 0 saturated heterocycles. The molecule has 2 heterocycles. The van der Waals surface area contributed by atoms with Crippen molar-refractivity contribution in [2.75, 3.05) is 12.4 Å². The minimum atomic E-state index is -0.680. The average Bonchev–Trinajstić information content (AvgIpc) is 3.45. The van der Waals surface area contributed by atoms with E-state index in [1.807, 2.05) is 6.07 Å². The highest BCUT2D eigenvalue weighted by molar-refractivity contribution is 7.13. The van der Waals surface area contributed by atoms with E-state index in [0.717, 1.165) is 11.5 Å². The van der Waals surface area contributed by atoms with Gasteiger partial charge in [0.15, 0.2) is 5.82 Å². The zero-order valence-corrected chi connectivity index (χ0v) is 21.5. The molecule has 4 rings (SSSR count). The Bertz CT molecular complexity index is 1610. The van der Waals surface area contributed by atoms with Crippen molar-refractivity contribution < 1.29 is 18.8 Å². The number of imidazole rings is 1. The van der Waals surface area contributed by atoms with E-state index in [9.17, 15) is 24.0 Å². The molecular weight excluding hydrogens is 519 g/mol. The number of hydrogen-bond acceptors (Lipinski definition) is 7. The highest BCUT2D eigenvalue weighted by Gasteiger charge is 2.29. The number of rotatable bonds is 7. The maximum Gasteiger partial charge on any atom is 0.287 e. The smallest absolute Gasteiger partial charge is 0.287 e. The van der Waals surface area contributed by atoms with Gasteiger partial charge in [-0.25, -0.2) is 9.37 Å². The summed E-state index contributed by atoms with van der Waals surface area (Å²) in [6.07, 6.45) is 0. The van der Waals surface area contributed by atoms with Crippen molar-refractivity contribution in [2.24, 2.45) is 0 Å². The van der Waals surface area contributed by atoms with Gasteiger partial charge in [0, 0.05) is 23.4 Å². The van der Waals surface area contributed by atoms with E-state index in [4.69, 9.17) is 11.6 Å². The number of nitriles is 1. The fourth-order valence-corrected chi connectivity index (χ4v) is 5.03. The van der Waals surface area contributed by atoms with Crippen molar-refractivity contribution in [1.82, 2.24) is 19.2 Å². The molecule has 0 saturated carbocycles. The summed E-state index contributed by atoms with van der Waals surface area (Å²) >= 11 is 7.46. The van der Waals surface area contributed by atoms with Crippen LogP contribution in [0.1, 0.15) is 57.7 Å². The number of amides is 2. The van der Waals surface area contributed by atoms with E-state index in [-0.39, 0.29) is 40.4 Å². The van der Waals surface area contributed by atoms with Gasteiger partial charge in [0.25, 0.3) is 11.8 Å². The lowest BCUT2D eigenvalue weighted by Crippen LogP contribution is -2.25. The van der Waals surface area contributed by atoms with Gasteiger partial charge in [0.2, 0.25) is 5.82 Å². The topological polar surface area (TPSA) is 130 Å². The van der Waals surface area contributed by atoms with Gasteiger partial charge in [-0.1, -0.05) is 18.5 Å². The Morgan fingerprint density at radius 2 is 1.97 bits per heavy atom. The normalized spacial score (nSPS) is 11.7. The van der Waals surface area contributed by atoms with Gasteiger partial charge in [-0.3, -0.25) is 14.4 Å². The van der Waals surface area contributed by atoms with Crippen LogP contribution in [0.2, 0.25) is 5.02 Å². The minimum absolute atomic E-state index is 0.00438. The van der Waals surface area contributed by atoms with Crippen molar-refractivity contribution in [3.8, 4) is 6.07 Å². The summed E-state index contributed by atoms with van der Waals surface area (Å²) in [4.78, 5) is 42.5. The average molecular weight is 539 g/mol. The molecule has 37 heavy (non-hydrogen) atoms. The summed E-state index contributed by atoms with van der Waals surface area (Å²) in [5, 5.41) is 15.2. The summed E-state index contributed by atoms with van der Waals surface area (Å²) in [7, 11) is 1.41. The molecule has 0 radical (unpaired) electrons. The Hall–Kier alpha value is -4.14. The Morgan fingerprint density at radius 3 is 2.65 bits per heavy atom. The van der Waals surface area contributed by atoms with Crippen molar-refractivity contribution in [3.05, 3.63) is 75.6 Å². The summed E-state index contributed by atoms with van der Waals surface area (Å²) in [5.41, 5.74) is 1.10. The molecule has 4 aromatic rings. The molecule has 1 atom stereocenters. The predicted molar refractivity (Wildman–Crippen MR) is 138 cm³/mol. The number of ketones is 1. The quantitative estimate of drug-likeness (QED) is 0.356. The lowest BCUT2D eigenvalue weighted by molar-refractivity contribution is -0.117. The number of nitrogens with zero attached hydrogens (tertiary/aromatic N) is 4. The van der Waals surface area contributed by atoms with Crippen molar-refractivity contribution in [3.63, 3.8) is 0 Å². The Labute approximate surface area is 220 Å². The molecule has 2 amide bonds. The Kier molecular flexibility index (Phi) is 7.33. The predicted octanol–water partition coefficient (Wildman–Crippen LogP) is 4.51. The number of Topliss-reactive ketones (excluding diaryl/α,β-unsaturated/α-hetero) is 1.